The Morgan fingerprint density at radius 1 is 0.373 bits per heavy atom. The van der Waals surface area contributed by atoms with Gasteiger partial charge in [-0.05, 0) is 77.0 Å². The molecule has 0 aromatic rings. The Balaban J connectivity index is 4.43. The molecule has 0 aromatic carbocycles. The number of carbonyl (C=O) groups excluding carboxylic acids is 3. The molecule has 0 aromatic heterocycles. The molecule has 6 heteroatoms. The predicted molar refractivity (Wildman–Crippen MR) is 251 cm³/mol. The van der Waals surface area contributed by atoms with Crippen molar-refractivity contribution < 1.29 is 28.6 Å². The summed E-state index contributed by atoms with van der Waals surface area (Å²) in [6.45, 7) is 6.46. The molecule has 1 unspecified atom stereocenters. The van der Waals surface area contributed by atoms with E-state index >= 15 is 0 Å². The highest BCUT2D eigenvalue weighted by Gasteiger charge is 2.19. The Kier molecular flexibility index (Phi) is 45.4. The fraction of sp³-hybridized carbons (Fsp3) is 0.755. The summed E-state index contributed by atoms with van der Waals surface area (Å²) in [6.07, 6.45) is 57.7. The molecule has 0 saturated heterocycles. The number of rotatable bonds is 44. The lowest BCUT2D eigenvalue weighted by molar-refractivity contribution is -0.167. The second-order valence-electron chi connectivity index (χ2n) is 16.4. The molecule has 0 rings (SSSR count). The van der Waals surface area contributed by atoms with E-state index in [1.807, 2.05) is 0 Å². The maximum absolute atomic E-state index is 12.8. The van der Waals surface area contributed by atoms with Crippen molar-refractivity contribution in [3.05, 3.63) is 60.8 Å². The van der Waals surface area contributed by atoms with Crippen LogP contribution in [0.4, 0.5) is 0 Å². The van der Waals surface area contributed by atoms with Crippen molar-refractivity contribution in [2.75, 3.05) is 13.2 Å². The largest absolute Gasteiger partial charge is 0.462 e. The molecule has 0 heterocycles. The van der Waals surface area contributed by atoms with Gasteiger partial charge in [0, 0.05) is 19.3 Å². The van der Waals surface area contributed by atoms with Gasteiger partial charge in [-0.2, -0.15) is 0 Å². The monoisotopic (exact) mass is 825 g/mol. The number of esters is 3. The molecule has 1 atom stereocenters. The summed E-state index contributed by atoms with van der Waals surface area (Å²) in [5, 5.41) is 0. The van der Waals surface area contributed by atoms with Crippen LogP contribution in [-0.4, -0.2) is 37.2 Å². The van der Waals surface area contributed by atoms with Gasteiger partial charge in [-0.15, -0.1) is 0 Å². The fourth-order valence-corrected chi connectivity index (χ4v) is 6.80. The van der Waals surface area contributed by atoms with E-state index in [0.29, 0.717) is 19.3 Å². The van der Waals surface area contributed by atoms with Gasteiger partial charge in [0.05, 0.1) is 0 Å². The van der Waals surface area contributed by atoms with Gasteiger partial charge in [-0.1, -0.05) is 204 Å². The first-order valence-corrected chi connectivity index (χ1v) is 24.8. The van der Waals surface area contributed by atoms with Crippen molar-refractivity contribution >= 4 is 17.9 Å². The third-order valence-electron chi connectivity index (χ3n) is 10.5. The minimum atomic E-state index is -0.787. The molecule has 0 radical (unpaired) electrons. The van der Waals surface area contributed by atoms with Crippen molar-refractivity contribution in [3.63, 3.8) is 0 Å². The summed E-state index contributed by atoms with van der Waals surface area (Å²) < 4.78 is 16.7. The average Bonchev–Trinajstić information content (AvgIpc) is 3.23. The van der Waals surface area contributed by atoms with Crippen LogP contribution in [-0.2, 0) is 28.6 Å². The van der Waals surface area contributed by atoms with Crippen LogP contribution >= 0.6 is 0 Å². The molecular formula is C53H92O6. The zero-order chi connectivity index (χ0) is 43.0. The first-order chi connectivity index (χ1) is 29.0. The van der Waals surface area contributed by atoms with E-state index in [1.54, 1.807) is 0 Å². The van der Waals surface area contributed by atoms with Crippen molar-refractivity contribution in [2.24, 2.45) is 0 Å². The number of hydrogen-bond acceptors (Lipinski definition) is 6. The third-order valence-corrected chi connectivity index (χ3v) is 10.5. The first-order valence-electron chi connectivity index (χ1n) is 24.8. The van der Waals surface area contributed by atoms with Gasteiger partial charge in [0.25, 0.3) is 0 Å². The molecule has 0 aliphatic heterocycles. The van der Waals surface area contributed by atoms with Gasteiger partial charge in [-0.3, -0.25) is 14.4 Å². The smallest absolute Gasteiger partial charge is 0.306 e. The molecule has 6 nitrogen and oxygen atoms in total. The zero-order valence-corrected chi connectivity index (χ0v) is 38.8. The van der Waals surface area contributed by atoms with Crippen LogP contribution in [0.5, 0.6) is 0 Å². The van der Waals surface area contributed by atoms with Crippen molar-refractivity contribution in [3.8, 4) is 0 Å². The van der Waals surface area contributed by atoms with Crippen LogP contribution < -0.4 is 0 Å². The second-order valence-corrected chi connectivity index (χ2v) is 16.4. The molecule has 0 amide bonds. The third kappa shape index (κ3) is 46.0. The molecule has 0 aliphatic carbocycles. The van der Waals surface area contributed by atoms with Crippen molar-refractivity contribution in [1.82, 2.24) is 0 Å². The highest BCUT2D eigenvalue weighted by molar-refractivity contribution is 5.71. The van der Waals surface area contributed by atoms with Gasteiger partial charge in [-0.25, -0.2) is 0 Å². The Hall–Kier alpha value is -2.89. The molecule has 0 aliphatic rings. The van der Waals surface area contributed by atoms with E-state index in [-0.39, 0.29) is 31.1 Å². The summed E-state index contributed by atoms with van der Waals surface area (Å²) in [5.41, 5.74) is 0. The van der Waals surface area contributed by atoms with Gasteiger partial charge < -0.3 is 14.2 Å². The van der Waals surface area contributed by atoms with E-state index in [2.05, 4.69) is 81.5 Å². The standard InChI is InChI=1S/C53H92O6/c1-4-7-10-13-16-19-22-25-27-29-31-34-37-40-43-46-52(55)58-49-50(48-57-51(54)45-42-39-36-33-30-24-21-18-15-12-9-6-3)59-53(56)47-44-41-38-35-32-28-26-23-20-17-14-11-8-5-2/h8,11,16-17,19-20,22,25-26,28,50H,4-7,9-10,12-15,18,21,23-24,27,29-49H2,1-3H3/b11-8-,19-16-,20-17-,25-22-,28-26-. The topological polar surface area (TPSA) is 78.9 Å². The average molecular weight is 825 g/mol. The van der Waals surface area contributed by atoms with Crippen LogP contribution in [0.2, 0.25) is 0 Å². The highest BCUT2D eigenvalue weighted by Crippen LogP contribution is 2.14. The minimum absolute atomic E-state index is 0.0858. The summed E-state index contributed by atoms with van der Waals surface area (Å²) in [4.78, 5) is 37.9. The Morgan fingerprint density at radius 2 is 0.712 bits per heavy atom. The summed E-state index contributed by atoms with van der Waals surface area (Å²) >= 11 is 0. The van der Waals surface area contributed by atoms with Crippen LogP contribution in [0, 0.1) is 0 Å². The second kappa shape index (κ2) is 47.8. The van der Waals surface area contributed by atoms with Gasteiger partial charge in [0.2, 0.25) is 0 Å². The number of hydrogen-bond donors (Lipinski definition) is 0. The lowest BCUT2D eigenvalue weighted by Gasteiger charge is -2.18. The van der Waals surface area contributed by atoms with E-state index in [0.717, 1.165) is 96.3 Å². The number of unbranched alkanes of at least 4 members (excludes halogenated alkanes) is 24. The van der Waals surface area contributed by atoms with Gasteiger partial charge in [0.1, 0.15) is 13.2 Å². The molecular weight excluding hydrogens is 733 g/mol. The normalized spacial score (nSPS) is 12.5. The predicted octanol–water partition coefficient (Wildman–Crippen LogP) is 16.1. The lowest BCUT2D eigenvalue weighted by atomic mass is 10.0. The summed E-state index contributed by atoms with van der Waals surface area (Å²) in [5.74, 6) is -0.918. The Morgan fingerprint density at radius 3 is 1.17 bits per heavy atom. The van der Waals surface area contributed by atoms with Crippen molar-refractivity contribution in [2.45, 2.75) is 245 Å². The summed E-state index contributed by atoms with van der Waals surface area (Å²) in [7, 11) is 0. The fourth-order valence-electron chi connectivity index (χ4n) is 6.80. The molecule has 0 saturated carbocycles. The summed E-state index contributed by atoms with van der Waals surface area (Å²) in [6, 6.07) is 0. The van der Waals surface area contributed by atoms with Gasteiger partial charge in [0.15, 0.2) is 6.10 Å². The van der Waals surface area contributed by atoms with E-state index in [4.69, 9.17) is 14.2 Å². The Labute approximate surface area is 364 Å². The number of allylic oxidation sites excluding steroid dienone is 10. The maximum atomic E-state index is 12.8. The van der Waals surface area contributed by atoms with E-state index in [1.165, 1.54) is 103 Å². The quantitative estimate of drug-likeness (QED) is 0.0200. The molecule has 59 heavy (non-hydrogen) atoms. The lowest BCUT2D eigenvalue weighted by Crippen LogP contribution is -2.30. The van der Waals surface area contributed by atoms with Crippen molar-refractivity contribution in [1.29, 1.82) is 0 Å². The minimum Gasteiger partial charge on any atom is -0.462 e. The molecule has 0 spiro atoms. The van der Waals surface area contributed by atoms with Crippen LogP contribution in [0.25, 0.3) is 0 Å². The molecule has 340 valence electrons. The van der Waals surface area contributed by atoms with Crippen LogP contribution in [0.15, 0.2) is 60.8 Å². The zero-order valence-electron chi connectivity index (χ0n) is 38.8. The number of ether oxygens (including phenoxy) is 3. The maximum Gasteiger partial charge on any atom is 0.306 e. The van der Waals surface area contributed by atoms with Crippen LogP contribution in [0.1, 0.15) is 239 Å². The number of carbonyl (C=O) groups is 3. The first kappa shape index (κ1) is 56.1. The SMILES string of the molecule is CC/C=C\C/C=C\C/C=C\CCCCCCC(=O)OC(COC(=O)CCCCCCCC/C=C\C=C/CCCCC)COC(=O)CCCCCCCCCCCCCC. The molecule has 0 bridgehead atoms. The highest BCUT2D eigenvalue weighted by atomic mass is 16.6. The van der Waals surface area contributed by atoms with Crippen LogP contribution in [0.3, 0.4) is 0 Å². The van der Waals surface area contributed by atoms with E-state index < -0.39 is 6.10 Å². The van der Waals surface area contributed by atoms with Gasteiger partial charge >= 0.3 is 17.9 Å². The Bertz CT molecular complexity index is 1090. The van der Waals surface area contributed by atoms with E-state index in [9.17, 15) is 14.4 Å². The molecule has 0 fully saturated rings. The molecule has 0 N–H and O–H groups in total.